The molecule has 0 aliphatic rings. The molecule has 1 aromatic heterocycles. The molecule has 4 aromatic rings. The summed E-state index contributed by atoms with van der Waals surface area (Å²) in [6.07, 6.45) is 0. The van der Waals surface area contributed by atoms with Crippen molar-refractivity contribution in [3.05, 3.63) is 112 Å². The summed E-state index contributed by atoms with van der Waals surface area (Å²) in [6, 6.07) is 26.6. The summed E-state index contributed by atoms with van der Waals surface area (Å²) >= 11 is 0. The van der Waals surface area contributed by atoms with E-state index in [1.165, 1.54) is 0 Å². The van der Waals surface area contributed by atoms with Crippen molar-refractivity contribution in [2.75, 3.05) is 20.3 Å². The Balaban J connectivity index is 1.71. The lowest BCUT2D eigenvalue weighted by atomic mass is 9.90. The Morgan fingerprint density at radius 3 is 2.16 bits per heavy atom. The van der Waals surface area contributed by atoms with E-state index in [2.05, 4.69) is 9.97 Å². The molecule has 0 bridgehead atoms. The van der Waals surface area contributed by atoms with Gasteiger partial charge in [-0.05, 0) is 23.3 Å². The fraction of sp³-hybridized carbons (Fsp3) is 0.192. The first kappa shape index (κ1) is 21.5. The Kier molecular flexibility index (Phi) is 6.72. The number of benzene rings is 3. The molecule has 32 heavy (non-hydrogen) atoms. The maximum absolute atomic E-state index is 13.9. The number of hydrogen-bond donors (Lipinski definition) is 1. The molecule has 3 aromatic carbocycles. The van der Waals surface area contributed by atoms with Crippen LogP contribution in [0.25, 0.3) is 10.9 Å². The summed E-state index contributed by atoms with van der Waals surface area (Å²) in [7, 11) is 1.60. The van der Waals surface area contributed by atoms with Gasteiger partial charge in [0.2, 0.25) is 5.91 Å². The highest BCUT2D eigenvalue weighted by Gasteiger charge is 2.28. The van der Waals surface area contributed by atoms with Gasteiger partial charge in [-0.3, -0.25) is 9.59 Å². The lowest BCUT2D eigenvalue weighted by Gasteiger charge is -2.27. The molecule has 0 saturated heterocycles. The van der Waals surface area contributed by atoms with Crippen LogP contribution < -0.4 is 5.56 Å². The minimum Gasteiger partial charge on any atom is -0.383 e. The van der Waals surface area contributed by atoms with Crippen molar-refractivity contribution in [3.63, 3.8) is 0 Å². The van der Waals surface area contributed by atoms with E-state index in [1.807, 2.05) is 66.7 Å². The van der Waals surface area contributed by atoms with Gasteiger partial charge in [-0.1, -0.05) is 72.8 Å². The number of amides is 1. The van der Waals surface area contributed by atoms with Crippen LogP contribution in [0.4, 0.5) is 0 Å². The SMILES string of the molecule is COCCN(Cc1nc2ccccc2c(=O)[nH]1)C(=O)C(c1ccccc1)c1ccccc1. The van der Waals surface area contributed by atoms with Crippen LogP contribution in [0.1, 0.15) is 22.9 Å². The van der Waals surface area contributed by atoms with Gasteiger partial charge in [0.25, 0.3) is 5.56 Å². The van der Waals surface area contributed by atoms with Crippen molar-refractivity contribution in [1.82, 2.24) is 14.9 Å². The maximum atomic E-state index is 13.9. The molecule has 0 saturated carbocycles. The van der Waals surface area contributed by atoms with Crippen molar-refractivity contribution >= 4 is 16.8 Å². The van der Waals surface area contributed by atoms with E-state index in [9.17, 15) is 9.59 Å². The summed E-state index contributed by atoms with van der Waals surface area (Å²) in [5.41, 5.74) is 2.21. The zero-order valence-corrected chi connectivity index (χ0v) is 17.9. The summed E-state index contributed by atoms with van der Waals surface area (Å²) < 4.78 is 5.26. The molecule has 0 spiro atoms. The molecule has 0 aliphatic carbocycles. The monoisotopic (exact) mass is 427 g/mol. The number of carbonyl (C=O) groups is 1. The number of aromatic amines is 1. The molecule has 162 valence electrons. The highest BCUT2D eigenvalue weighted by Crippen LogP contribution is 2.27. The van der Waals surface area contributed by atoms with Crippen molar-refractivity contribution in [2.45, 2.75) is 12.5 Å². The first-order valence-corrected chi connectivity index (χ1v) is 10.5. The predicted molar refractivity (Wildman–Crippen MR) is 124 cm³/mol. The number of nitrogens with zero attached hydrogens (tertiary/aromatic N) is 2. The smallest absolute Gasteiger partial charge is 0.258 e. The van der Waals surface area contributed by atoms with Gasteiger partial charge in [-0.25, -0.2) is 4.98 Å². The highest BCUT2D eigenvalue weighted by atomic mass is 16.5. The normalized spacial score (nSPS) is 11.1. The Morgan fingerprint density at radius 2 is 1.53 bits per heavy atom. The molecular formula is C26H25N3O3. The largest absolute Gasteiger partial charge is 0.383 e. The lowest BCUT2D eigenvalue weighted by molar-refractivity contribution is -0.133. The van der Waals surface area contributed by atoms with Crippen LogP contribution in [0, 0.1) is 0 Å². The third kappa shape index (κ3) is 4.76. The Hall–Kier alpha value is -3.77. The van der Waals surface area contributed by atoms with Crippen LogP contribution in [0.2, 0.25) is 0 Å². The minimum absolute atomic E-state index is 0.0738. The first-order valence-electron chi connectivity index (χ1n) is 10.5. The lowest BCUT2D eigenvalue weighted by Crippen LogP contribution is -2.38. The third-order valence-corrected chi connectivity index (χ3v) is 5.39. The van der Waals surface area contributed by atoms with E-state index < -0.39 is 5.92 Å². The van der Waals surface area contributed by atoms with Gasteiger partial charge in [-0.15, -0.1) is 0 Å². The number of aromatic nitrogens is 2. The molecule has 1 heterocycles. The Labute approximate surface area is 186 Å². The van der Waals surface area contributed by atoms with Gasteiger partial charge in [0.15, 0.2) is 0 Å². The number of fused-ring (bicyclic) bond motifs is 1. The average Bonchev–Trinajstić information content (AvgIpc) is 2.83. The van der Waals surface area contributed by atoms with Crippen LogP contribution in [0.3, 0.4) is 0 Å². The number of ether oxygens (including phenoxy) is 1. The Morgan fingerprint density at radius 1 is 0.938 bits per heavy atom. The van der Waals surface area contributed by atoms with Crippen molar-refractivity contribution < 1.29 is 9.53 Å². The van der Waals surface area contributed by atoms with Gasteiger partial charge in [0.1, 0.15) is 5.82 Å². The summed E-state index contributed by atoms with van der Waals surface area (Å²) in [5, 5.41) is 0.525. The molecule has 4 rings (SSSR count). The molecule has 0 unspecified atom stereocenters. The zero-order chi connectivity index (χ0) is 22.3. The quantitative estimate of drug-likeness (QED) is 0.465. The Bertz CT molecular complexity index is 1200. The number of H-pyrrole nitrogens is 1. The van der Waals surface area contributed by atoms with E-state index in [0.717, 1.165) is 11.1 Å². The second kappa shape index (κ2) is 10.0. The highest BCUT2D eigenvalue weighted by molar-refractivity contribution is 5.87. The second-order valence-corrected chi connectivity index (χ2v) is 7.54. The topological polar surface area (TPSA) is 75.3 Å². The van der Waals surface area contributed by atoms with Crippen LogP contribution >= 0.6 is 0 Å². The second-order valence-electron chi connectivity index (χ2n) is 7.54. The van der Waals surface area contributed by atoms with Gasteiger partial charge in [-0.2, -0.15) is 0 Å². The van der Waals surface area contributed by atoms with E-state index in [1.54, 1.807) is 30.2 Å². The van der Waals surface area contributed by atoms with Crippen LogP contribution in [0.5, 0.6) is 0 Å². The van der Waals surface area contributed by atoms with Gasteiger partial charge < -0.3 is 14.6 Å². The fourth-order valence-electron chi connectivity index (χ4n) is 3.81. The maximum Gasteiger partial charge on any atom is 0.258 e. The molecule has 1 N–H and O–H groups in total. The van der Waals surface area contributed by atoms with Crippen LogP contribution in [-0.4, -0.2) is 41.0 Å². The summed E-state index contributed by atoms with van der Waals surface area (Å²) in [4.78, 5) is 35.5. The third-order valence-electron chi connectivity index (χ3n) is 5.39. The fourth-order valence-corrected chi connectivity index (χ4v) is 3.81. The minimum atomic E-state index is -0.471. The van der Waals surface area contributed by atoms with Crippen LogP contribution in [0.15, 0.2) is 89.7 Å². The zero-order valence-electron chi connectivity index (χ0n) is 17.9. The molecule has 0 aliphatic heterocycles. The summed E-state index contributed by atoms with van der Waals surface area (Å²) in [6.45, 7) is 0.931. The van der Waals surface area contributed by atoms with Gasteiger partial charge in [0, 0.05) is 13.7 Å². The predicted octanol–water partition coefficient (Wildman–Crippen LogP) is 3.73. The molecule has 0 atom stereocenters. The standard InChI is InChI=1S/C26H25N3O3/c1-32-17-16-29(18-23-27-22-15-9-8-14-21(22)25(30)28-23)26(31)24(19-10-4-2-5-11-19)20-12-6-3-7-13-20/h2-15,24H,16-18H2,1H3,(H,27,28,30). The number of nitrogens with one attached hydrogen (secondary N) is 1. The number of hydrogen-bond acceptors (Lipinski definition) is 4. The van der Waals surface area contributed by atoms with E-state index >= 15 is 0 Å². The number of para-hydroxylation sites is 1. The number of carbonyl (C=O) groups excluding carboxylic acids is 1. The van der Waals surface area contributed by atoms with Gasteiger partial charge in [0.05, 0.1) is 30.0 Å². The van der Waals surface area contributed by atoms with Crippen LogP contribution in [-0.2, 0) is 16.1 Å². The molecule has 0 radical (unpaired) electrons. The number of rotatable bonds is 8. The van der Waals surface area contributed by atoms with Crippen molar-refractivity contribution in [3.8, 4) is 0 Å². The molecule has 6 heteroatoms. The molecule has 6 nitrogen and oxygen atoms in total. The molecular weight excluding hydrogens is 402 g/mol. The molecule has 0 fully saturated rings. The van der Waals surface area contributed by atoms with Crippen molar-refractivity contribution in [1.29, 1.82) is 0 Å². The first-order chi connectivity index (χ1) is 15.7. The average molecular weight is 428 g/mol. The van der Waals surface area contributed by atoms with E-state index in [0.29, 0.717) is 29.9 Å². The number of methoxy groups -OCH3 is 1. The van der Waals surface area contributed by atoms with Crippen molar-refractivity contribution in [2.24, 2.45) is 0 Å². The van der Waals surface area contributed by atoms with E-state index in [-0.39, 0.29) is 18.0 Å². The van der Waals surface area contributed by atoms with Gasteiger partial charge >= 0.3 is 0 Å². The summed E-state index contributed by atoms with van der Waals surface area (Å²) in [5.74, 6) is -0.102. The molecule has 1 amide bonds. The van der Waals surface area contributed by atoms with E-state index in [4.69, 9.17) is 4.74 Å².